The molecule has 0 aliphatic carbocycles. The second-order valence-electron chi connectivity index (χ2n) is 11.5. The van der Waals surface area contributed by atoms with Crippen LogP contribution in [0.1, 0.15) is 63.6 Å². The van der Waals surface area contributed by atoms with Gasteiger partial charge in [0.15, 0.2) is 5.82 Å². The largest absolute Gasteiger partial charge is 0.438 e. The molecule has 1 aromatic heterocycles. The zero-order chi connectivity index (χ0) is 28.5. The van der Waals surface area contributed by atoms with Crippen LogP contribution >= 0.6 is 0 Å². The summed E-state index contributed by atoms with van der Waals surface area (Å²) in [5.74, 6) is 0.309. The molecule has 3 atom stereocenters. The Labute approximate surface area is 235 Å². The van der Waals surface area contributed by atoms with Gasteiger partial charge in [0, 0.05) is 31.5 Å². The van der Waals surface area contributed by atoms with Gasteiger partial charge in [0.1, 0.15) is 11.6 Å². The van der Waals surface area contributed by atoms with Gasteiger partial charge in [-0.05, 0) is 56.9 Å². The van der Waals surface area contributed by atoms with Crippen molar-refractivity contribution in [3.8, 4) is 11.3 Å². The molecule has 40 heavy (non-hydrogen) atoms. The van der Waals surface area contributed by atoms with E-state index in [0.717, 1.165) is 41.8 Å². The molecule has 3 N–H and O–H groups in total. The molecule has 2 amide bonds. The van der Waals surface area contributed by atoms with Crippen molar-refractivity contribution in [2.45, 2.75) is 69.7 Å². The molecular weight excluding hydrogens is 506 g/mol. The Bertz CT molecular complexity index is 1340. The summed E-state index contributed by atoms with van der Waals surface area (Å²) in [5.41, 5.74) is 7.14. The highest BCUT2D eigenvalue weighted by atomic mass is 16.6. The molecule has 3 heterocycles. The number of hydrogen-bond donors (Lipinski definition) is 2. The maximum Gasteiger partial charge on any atom is 0.411 e. The first-order valence-electron chi connectivity index (χ1n) is 13.8. The van der Waals surface area contributed by atoms with Gasteiger partial charge in [-0.25, -0.2) is 4.79 Å². The lowest BCUT2D eigenvalue weighted by Gasteiger charge is -2.45. The Morgan fingerprint density at radius 1 is 1.10 bits per heavy atom. The van der Waals surface area contributed by atoms with Crippen LogP contribution < -0.4 is 10.6 Å². The number of rotatable bonds is 8. The van der Waals surface area contributed by atoms with E-state index >= 15 is 0 Å². The summed E-state index contributed by atoms with van der Waals surface area (Å²) in [6.45, 7) is 6.70. The molecule has 0 spiro atoms. The highest BCUT2D eigenvalue weighted by Gasteiger charge is 2.46. The number of carbonyl (C=O) groups excluding carboxylic acids is 2. The van der Waals surface area contributed by atoms with Crippen LogP contribution in [-0.2, 0) is 15.1 Å². The number of anilines is 1. The van der Waals surface area contributed by atoms with Gasteiger partial charge in [-0.3, -0.25) is 4.79 Å². The minimum absolute atomic E-state index is 0.202. The number of nitrogens with two attached hydrogens (primary N) is 1. The lowest BCUT2D eigenvalue weighted by atomic mass is 9.80. The molecule has 210 valence electrons. The summed E-state index contributed by atoms with van der Waals surface area (Å²) in [7, 11) is 0. The predicted octanol–water partition coefficient (Wildman–Crippen LogP) is 4.56. The predicted molar refractivity (Wildman–Crippen MR) is 152 cm³/mol. The van der Waals surface area contributed by atoms with Crippen molar-refractivity contribution in [3.63, 3.8) is 0 Å². The van der Waals surface area contributed by atoms with Gasteiger partial charge in [0.2, 0.25) is 5.91 Å². The molecule has 2 saturated heterocycles. The minimum atomic E-state index is -1.00. The number of amides is 2. The van der Waals surface area contributed by atoms with Crippen molar-refractivity contribution in [2.75, 3.05) is 18.0 Å². The SMILES string of the molecule is C[C@@H](c1ccc(-c2ccc(N3CCCC3C(N)=O)nn2)cc1)N1CCC(CC(C)(C)O)(c2ccccc2)OC1=O. The van der Waals surface area contributed by atoms with Crippen molar-refractivity contribution in [2.24, 2.45) is 5.73 Å². The van der Waals surface area contributed by atoms with Gasteiger partial charge in [-0.15, -0.1) is 10.2 Å². The summed E-state index contributed by atoms with van der Waals surface area (Å²) >= 11 is 0. The van der Waals surface area contributed by atoms with Gasteiger partial charge >= 0.3 is 6.09 Å². The Morgan fingerprint density at radius 2 is 1.82 bits per heavy atom. The molecule has 3 aromatic rings. The van der Waals surface area contributed by atoms with E-state index in [0.29, 0.717) is 25.2 Å². The summed E-state index contributed by atoms with van der Waals surface area (Å²) < 4.78 is 6.14. The first-order chi connectivity index (χ1) is 19.1. The van der Waals surface area contributed by atoms with Crippen LogP contribution in [0, 0.1) is 0 Å². The summed E-state index contributed by atoms with van der Waals surface area (Å²) in [4.78, 5) is 28.7. The molecule has 2 fully saturated rings. The molecule has 2 unspecified atom stereocenters. The average Bonchev–Trinajstić information content (AvgIpc) is 3.43. The Kier molecular flexibility index (Phi) is 7.51. The number of primary amides is 1. The van der Waals surface area contributed by atoms with Crippen LogP contribution in [0.5, 0.6) is 0 Å². The van der Waals surface area contributed by atoms with E-state index in [9.17, 15) is 14.7 Å². The van der Waals surface area contributed by atoms with Gasteiger partial charge < -0.3 is 25.4 Å². The van der Waals surface area contributed by atoms with Gasteiger partial charge in [-0.1, -0.05) is 54.6 Å². The number of hydrogen-bond acceptors (Lipinski definition) is 7. The molecule has 9 nitrogen and oxygen atoms in total. The molecule has 2 aliphatic heterocycles. The van der Waals surface area contributed by atoms with Crippen molar-refractivity contribution in [1.82, 2.24) is 15.1 Å². The van der Waals surface area contributed by atoms with E-state index in [2.05, 4.69) is 10.2 Å². The molecule has 2 aromatic carbocycles. The highest BCUT2D eigenvalue weighted by Crippen LogP contribution is 2.42. The molecule has 0 bridgehead atoms. The zero-order valence-corrected chi connectivity index (χ0v) is 23.3. The average molecular weight is 544 g/mol. The molecule has 5 rings (SSSR count). The molecule has 9 heteroatoms. The topological polar surface area (TPSA) is 122 Å². The highest BCUT2D eigenvalue weighted by molar-refractivity contribution is 5.84. The van der Waals surface area contributed by atoms with Crippen LogP contribution in [0.2, 0.25) is 0 Å². The first-order valence-corrected chi connectivity index (χ1v) is 13.8. The normalized spacial score (nSPS) is 22.2. The zero-order valence-electron chi connectivity index (χ0n) is 23.3. The lowest BCUT2D eigenvalue weighted by molar-refractivity contribution is -0.119. The molecule has 2 aliphatic rings. The third kappa shape index (κ3) is 5.65. The number of ether oxygens (including phenoxy) is 1. The quantitative estimate of drug-likeness (QED) is 0.427. The maximum absolute atomic E-state index is 13.3. The standard InChI is InChI=1S/C31H37N5O4/c1-21(35-19-17-31(40-29(35)38,20-30(2,3)39)24-8-5-4-6-9-24)22-11-13-23(14-12-22)25-15-16-27(34-33-25)36-18-7-10-26(36)28(32)37/h4-6,8-9,11-16,21,26,39H,7,10,17-20H2,1-3H3,(H2,32,37)/t21-,26?,31?/m0/s1. The molecule has 0 saturated carbocycles. The van der Waals surface area contributed by atoms with E-state index in [1.54, 1.807) is 18.7 Å². The van der Waals surface area contributed by atoms with Crippen LogP contribution in [0.3, 0.4) is 0 Å². The van der Waals surface area contributed by atoms with Crippen LogP contribution in [0.4, 0.5) is 10.6 Å². The Morgan fingerprint density at radius 3 is 2.42 bits per heavy atom. The van der Waals surface area contributed by atoms with E-state index in [4.69, 9.17) is 10.5 Å². The molecular formula is C31H37N5O4. The van der Waals surface area contributed by atoms with Crippen LogP contribution in [0.15, 0.2) is 66.7 Å². The summed E-state index contributed by atoms with van der Waals surface area (Å²) in [6, 6.07) is 20.8. The second-order valence-corrected chi connectivity index (χ2v) is 11.5. The summed E-state index contributed by atoms with van der Waals surface area (Å²) in [6.07, 6.45) is 2.12. The van der Waals surface area contributed by atoms with Crippen LogP contribution in [-0.4, -0.2) is 56.9 Å². The third-order valence-corrected chi connectivity index (χ3v) is 7.97. The fourth-order valence-electron chi connectivity index (χ4n) is 5.97. The molecule has 0 radical (unpaired) electrons. The van der Waals surface area contributed by atoms with Crippen molar-refractivity contribution < 1.29 is 19.4 Å². The lowest BCUT2D eigenvalue weighted by Crippen LogP contribution is -2.51. The number of aromatic nitrogens is 2. The summed E-state index contributed by atoms with van der Waals surface area (Å²) in [5, 5.41) is 19.4. The van der Waals surface area contributed by atoms with Crippen molar-refractivity contribution >= 4 is 17.8 Å². The number of nitrogens with zero attached hydrogens (tertiary/aromatic N) is 4. The Balaban J connectivity index is 1.28. The Hall–Kier alpha value is -3.98. The van der Waals surface area contributed by atoms with Crippen LogP contribution in [0.25, 0.3) is 11.3 Å². The monoisotopic (exact) mass is 543 g/mol. The van der Waals surface area contributed by atoms with E-state index in [1.165, 1.54) is 0 Å². The fourth-order valence-corrected chi connectivity index (χ4v) is 5.97. The second kappa shape index (κ2) is 10.9. The smallest absolute Gasteiger partial charge is 0.411 e. The number of cyclic esters (lactones) is 1. The van der Waals surface area contributed by atoms with E-state index in [-0.39, 0.29) is 18.0 Å². The number of carbonyl (C=O) groups is 2. The van der Waals surface area contributed by atoms with Gasteiger partial charge in [0.05, 0.1) is 17.3 Å². The van der Waals surface area contributed by atoms with Gasteiger partial charge in [-0.2, -0.15) is 0 Å². The first kappa shape index (κ1) is 27.6. The van der Waals surface area contributed by atoms with Crippen molar-refractivity contribution in [1.29, 1.82) is 0 Å². The maximum atomic E-state index is 13.3. The fraction of sp³-hybridized carbons (Fsp3) is 0.419. The van der Waals surface area contributed by atoms with Gasteiger partial charge in [0.25, 0.3) is 0 Å². The number of aliphatic hydroxyl groups is 1. The van der Waals surface area contributed by atoms with Crippen molar-refractivity contribution in [3.05, 3.63) is 77.9 Å². The minimum Gasteiger partial charge on any atom is -0.438 e. The third-order valence-electron chi connectivity index (χ3n) is 7.97. The number of benzene rings is 2. The van der Waals surface area contributed by atoms with E-state index < -0.39 is 17.3 Å². The van der Waals surface area contributed by atoms with E-state index in [1.807, 2.05) is 78.6 Å².